The molecule has 17 heavy (non-hydrogen) atoms. The minimum atomic E-state index is 0.131. The van der Waals surface area contributed by atoms with Crippen molar-refractivity contribution in [1.29, 1.82) is 0 Å². The average Bonchev–Trinajstić information content (AvgIpc) is 3.13. The molecule has 0 bridgehead atoms. The van der Waals surface area contributed by atoms with Crippen molar-refractivity contribution in [2.45, 2.75) is 57.0 Å². The van der Waals surface area contributed by atoms with E-state index in [2.05, 4.69) is 10.2 Å². The molecule has 4 nitrogen and oxygen atoms in total. The molecule has 0 aromatic carbocycles. The summed E-state index contributed by atoms with van der Waals surface area (Å²) in [5.41, 5.74) is 0. The Kier molecular flexibility index (Phi) is 4.80. The Hall–Kier alpha value is -0.610. The molecule has 0 atom stereocenters. The van der Waals surface area contributed by atoms with Crippen LogP contribution in [0.4, 0.5) is 0 Å². The summed E-state index contributed by atoms with van der Waals surface area (Å²) in [6.45, 7) is 1.23. The second kappa shape index (κ2) is 6.36. The SMILES string of the molecule is O=C(CN(CCO)C1CCCCC1)NC1CC1. The summed E-state index contributed by atoms with van der Waals surface area (Å²) >= 11 is 0. The van der Waals surface area contributed by atoms with Crippen molar-refractivity contribution in [2.75, 3.05) is 19.7 Å². The summed E-state index contributed by atoms with van der Waals surface area (Å²) < 4.78 is 0. The molecule has 0 saturated heterocycles. The maximum absolute atomic E-state index is 11.8. The van der Waals surface area contributed by atoms with Gasteiger partial charge in [-0.2, -0.15) is 0 Å². The van der Waals surface area contributed by atoms with E-state index in [1.165, 1.54) is 32.1 Å². The highest BCUT2D eigenvalue weighted by Crippen LogP contribution is 2.22. The van der Waals surface area contributed by atoms with Gasteiger partial charge >= 0.3 is 0 Å². The summed E-state index contributed by atoms with van der Waals surface area (Å²) in [6, 6.07) is 0.936. The van der Waals surface area contributed by atoms with Gasteiger partial charge in [-0.3, -0.25) is 9.69 Å². The van der Waals surface area contributed by atoms with Crippen LogP contribution >= 0.6 is 0 Å². The zero-order valence-electron chi connectivity index (χ0n) is 10.5. The number of rotatable bonds is 6. The molecule has 0 spiro atoms. The standard InChI is InChI=1S/C13H24N2O2/c16-9-8-15(12-4-2-1-3-5-12)10-13(17)14-11-6-7-11/h11-12,16H,1-10H2,(H,14,17). The van der Waals surface area contributed by atoms with Crippen LogP contribution in [-0.4, -0.2) is 47.7 Å². The zero-order chi connectivity index (χ0) is 12.1. The second-order valence-corrected chi connectivity index (χ2v) is 5.33. The number of amides is 1. The van der Waals surface area contributed by atoms with E-state index in [0.29, 0.717) is 25.2 Å². The summed E-state index contributed by atoms with van der Waals surface area (Å²) in [4.78, 5) is 14.0. The second-order valence-electron chi connectivity index (χ2n) is 5.33. The summed E-state index contributed by atoms with van der Waals surface area (Å²) in [7, 11) is 0. The van der Waals surface area contributed by atoms with E-state index in [-0.39, 0.29) is 12.5 Å². The number of nitrogens with zero attached hydrogens (tertiary/aromatic N) is 1. The predicted molar refractivity (Wildman–Crippen MR) is 66.7 cm³/mol. The first-order valence-corrected chi connectivity index (χ1v) is 6.94. The van der Waals surface area contributed by atoms with Crippen molar-refractivity contribution in [2.24, 2.45) is 0 Å². The molecule has 0 heterocycles. The lowest BCUT2D eigenvalue weighted by Gasteiger charge is -2.33. The third-order valence-corrected chi connectivity index (χ3v) is 3.77. The molecule has 2 aliphatic carbocycles. The molecule has 0 unspecified atom stereocenters. The lowest BCUT2D eigenvalue weighted by atomic mass is 9.94. The Morgan fingerprint density at radius 1 is 1.18 bits per heavy atom. The van der Waals surface area contributed by atoms with E-state index in [9.17, 15) is 4.79 Å². The lowest BCUT2D eigenvalue weighted by molar-refractivity contribution is -0.123. The lowest BCUT2D eigenvalue weighted by Crippen LogP contribution is -2.45. The van der Waals surface area contributed by atoms with Gasteiger partial charge in [-0.25, -0.2) is 0 Å². The molecule has 0 aromatic heterocycles. The van der Waals surface area contributed by atoms with E-state index >= 15 is 0 Å². The van der Waals surface area contributed by atoms with Crippen LogP contribution < -0.4 is 5.32 Å². The molecule has 2 fully saturated rings. The molecular weight excluding hydrogens is 216 g/mol. The first kappa shape index (κ1) is 12.8. The molecule has 4 heteroatoms. The third kappa shape index (κ3) is 4.28. The fourth-order valence-electron chi connectivity index (χ4n) is 2.65. The fraction of sp³-hybridized carbons (Fsp3) is 0.923. The molecule has 2 rings (SSSR count). The number of hydrogen-bond donors (Lipinski definition) is 2. The van der Waals surface area contributed by atoms with Crippen molar-refractivity contribution in [3.63, 3.8) is 0 Å². The van der Waals surface area contributed by atoms with Crippen molar-refractivity contribution in [3.8, 4) is 0 Å². The van der Waals surface area contributed by atoms with Crippen molar-refractivity contribution >= 4 is 5.91 Å². The van der Waals surface area contributed by atoms with Gasteiger partial charge in [0.25, 0.3) is 0 Å². The van der Waals surface area contributed by atoms with Crippen molar-refractivity contribution in [3.05, 3.63) is 0 Å². The highest BCUT2D eigenvalue weighted by atomic mass is 16.3. The smallest absolute Gasteiger partial charge is 0.234 e. The van der Waals surface area contributed by atoms with Crippen LogP contribution in [0.1, 0.15) is 44.9 Å². The average molecular weight is 240 g/mol. The first-order valence-electron chi connectivity index (χ1n) is 6.94. The van der Waals surface area contributed by atoms with E-state index in [1.54, 1.807) is 0 Å². The summed E-state index contributed by atoms with van der Waals surface area (Å²) in [5.74, 6) is 0.131. The van der Waals surface area contributed by atoms with E-state index in [1.807, 2.05) is 0 Å². The van der Waals surface area contributed by atoms with Crippen LogP contribution in [0.25, 0.3) is 0 Å². The maximum Gasteiger partial charge on any atom is 0.234 e. The number of aliphatic hydroxyl groups is 1. The molecule has 0 radical (unpaired) electrons. The van der Waals surface area contributed by atoms with Crippen molar-refractivity contribution in [1.82, 2.24) is 10.2 Å². The summed E-state index contributed by atoms with van der Waals surface area (Å²) in [5, 5.41) is 12.1. The highest BCUT2D eigenvalue weighted by Gasteiger charge is 2.26. The molecule has 0 aliphatic heterocycles. The van der Waals surface area contributed by atoms with Gasteiger partial charge in [-0.15, -0.1) is 0 Å². The predicted octanol–water partition coefficient (Wildman–Crippen LogP) is 0.892. The van der Waals surface area contributed by atoms with Crippen LogP contribution in [0.5, 0.6) is 0 Å². The minimum absolute atomic E-state index is 0.131. The topological polar surface area (TPSA) is 52.6 Å². The van der Waals surface area contributed by atoms with Gasteiger partial charge < -0.3 is 10.4 Å². The van der Waals surface area contributed by atoms with Gasteiger partial charge in [0, 0.05) is 18.6 Å². The highest BCUT2D eigenvalue weighted by molar-refractivity contribution is 5.78. The van der Waals surface area contributed by atoms with Gasteiger partial charge in [-0.05, 0) is 25.7 Å². The van der Waals surface area contributed by atoms with Gasteiger partial charge in [0.1, 0.15) is 0 Å². The largest absolute Gasteiger partial charge is 0.395 e. The maximum atomic E-state index is 11.8. The Morgan fingerprint density at radius 2 is 1.88 bits per heavy atom. The van der Waals surface area contributed by atoms with Crippen LogP contribution in [0.3, 0.4) is 0 Å². The van der Waals surface area contributed by atoms with Crippen LogP contribution in [0, 0.1) is 0 Å². The van der Waals surface area contributed by atoms with Gasteiger partial charge in [0.05, 0.1) is 13.2 Å². The molecule has 2 aliphatic rings. The normalized spacial score (nSPS) is 21.8. The zero-order valence-corrected chi connectivity index (χ0v) is 10.5. The Bertz CT molecular complexity index is 248. The monoisotopic (exact) mass is 240 g/mol. The molecule has 98 valence electrons. The number of nitrogens with one attached hydrogen (secondary N) is 1. The Balaban J connectivity index is 1.79. The van der Waals surface area contributed by atoms with Gasteiger partial charge in [0.2, 0.25) is 5.91 Å². The number of hydrogen-bond acceptors (Lipinski definition) is 3. The molecule has 2 saturated carbocycles. The Morgan fingerprint density at radius 3 is 2.47 bits per heavy atom. The fourth-order valence-corrected chi connectivity index (χ4v) is 2.65. The quantitative estimate of drug-likeness (QED) is 0.725. The molecule has 0 aromatic rings. The van der Waals surface area contributed by atoms with Crippen LogP contribution in [-0.2, 0) is 4.79 Å². The van der Waals surface area contributed by atoms with Crippen molar-refractivity contribution < 1.29 is 9.90 Å². The third-order valence-electron chi connectivity index (χ3n) is 3.77. The molecule has 2 N–H and O–H groups in total. The van der Waals surface area contributed by atoms with E-state index < -0.39 is 0 Å². The van der Waals surface area contributed by atoms with Crippen LogP contribution in [0.15, 0.2) is 0 Å². The number of carbonyl (C=O) groups excluding carboxylic acids is 1. The molecule has 1 amide bonds. The first-order chi connectivity index (χ1) is 8.29. The van der Waals surface area contributed by atoms with E-state index in [0.717, 1.165) is 12.8 Å². The number of carbonyl (C=O) groups is 1. The molecular formula is C13H24N2O2. The number of aliphatic hydroxyl groups excluding tert-OH is 1. The van der Waals surface area contributed by atoms with Gasteiger partial charge in [0.15, 0.2) is 0 Å². The van der Waals surface area contributed by atoms with E-state index in [4.69, 9.17) is 5.11 Å². The minimum Gasteiger partial charge on any atom is -0.395 e. The summed E-state index contributed by atoms with van der Waals surface area (Å²) in [6.07, 6.45) is 8.46. The Labute approximate surface area is 103 Å². The van der Waals surface area contributed by atoms with Crippen LogP contribution in [0.2, 0.25) is 0 Å². The van der Waals surface area contributed by atoms with Gasteiger partial charge in [-0.1, -0.05) is 19.3 Å².